The lowest BCUT2D eigenvalue weighted by Gasteiger charge is -2.31. The van der Waals surface area contributed by atoms with Gasteiger partial charge in [0.2, 0.25) is 17.7 Å². The predicted octanol–water partition coefficient (Wildman–Crippen LogP) is 3.61. The molecule has 230 valence electrons. The van der Waals surface area contributed by atoms with Gasteiger partial charge in [-0.1, -0.05) is 29.2 Å². The van der Waals surface area contributed by atoms with Gasteiger partial charge in [-0.05, 0) is 68.1 Å². The largest absolute Gasteiger partial charge is 0.504 e. The van der Waals surface area contributed by atoms with E-state index in [1.165, 1.54) is 42.0 Å². The van der Waals surface area contributed by atoms with Crippen LogP contribution in [-0.2, 0) is 25.7 Å². The molecule has 2 unspecified atom stereocenters. The van der Waals surface area contributed by atoms with Crippen molar-refractivity contribution < 1.29 is 33.8 Å². The van der Waals surface area contributed by atoms with Crippen LogP contribution in [0, 0.1) is 5.92 Å². The number of likely N-dealkylation sites (tertiary alicyclic amines) is 1. The smallest absolute Gasteiger partial charge is 0.338 e. The minimum atomic E-state index is -0.880. The second kappa shape index (κ2) is 12.1. The van der Waals surface area contributed by atoms with E-state index in [9.17, 15) is 29.1 Å². The zero-order chi connectivity index (χ0) is 31.1. The Bertz CT molecular complexity index is 1690. The molecule has 0 bridgehead atoms. The number of amides is 3. The number of carbonyl (C=O) groups excluding carboxylic acids is 4. The van der Waals surface area contributed by atoms with Crippen LogP contribution >= 0.6 is 23.1 Å². The van der Waals surface area contributed by atoms with Gasteiger partial charge in [0.15, 0.2) is 11.5 Å². The summed E-state index contributed by atoms with van der Waals surface area (Å²) in [4.78, 5) is 70.1. The number of anilines is 1. The molecule has 2 fully saturated rings. The van der Waals surface area contributed by atoms with Crippen LogP contribution in [-0.4, -0.2) is 70.3 Å². The highest BCUT2D eigenvalue weighted by Gasteiger charge is 2.57. The summed E-state index contributed by atoms with van der Waals surface area (Å²) in [5, 5.41) is 9.89. The average molecular weight is 638 g/mol. The molecule has 3 atom stereocenters. The fraction of sp³-hybridized carbons (Fsp3) is 0.387. The van der Waals surface area contributed by atoms with Crippen LogP contribution in [0.2, 0.25) is 0 Å². The number of methoxy groups -OCH3 is 1. The van der Waals surface area contributed by atoms with Gasteiger partial charge < -0.3 is 19.5 Å². The molecule has 3 aliphatic heterocycles. The van der Waals surface area contributed by atoms with Gasteiger partial charge in [0.25, 0.3) is 0 Å². The number of aromatic hydroxyl groups is 1. The van der Waals surface area contributed by atoms with Gasteiger partial charge in [0.1, 0.15) is 11.8 Å². The summed E-state index contributed by atoms with van der Waals surface area (Å²) in [5.74, 6) is -3.06. The third-order valence-electron chi connectivity index (χ3n) is 8.25. The minimum absolute atomic E-state index is 0.0896. The first-order valence-corrected chi connectivity index (χ1v) is 16.1. The highest BCUT2D eigenvalue weighted by molar-refractivity contribution is 8.00. The molecule has 3 aromatic rings. The quantitative estimate of drug-likeness (QED) is 0.305. The molecule has 3 aliphatic rings. The number of phenols is 1. The van der Waals surface area contributed by atoms with Crippen LogP contribution in [0.15, 0.2) is 52.3 Å². The Morgan fingerprint density at radius 3 is 2.41 bits per heavy atom. The molecular weight excluding hydrogens is 606 g/mol. The van der Waals surface area contributed by atoms with Crippen molar-refractivity contribution in [3.63, 3.8) is 0 Å². The molecular formula is C31H31N3O8S2. The number of ether oxygens (including phenoxy) is 2. The molecule has 11 nitrogen and oxygen atoms in total. The highest BCUT2D eigenvalue weighted by Crippen LogP contribution is 2.54. The number of esters is 1. The second-order valence-electron chi connectivity index (χ2n) is 10.8. The number of nitrogens with zero attached hydrogens (tertiary/aromatic N) is 3. The minimum Gasteiger partial charge on any atom is -0.504 e. The van der Waals surface area contributed by atoms with Gasteiger partial charge in [-0.3, -0.25) is 23.7 Å². The Kier molecular flexibility index (Phi) is 8.25. The standard InChI is InChI=1S/C31H31N3O8S2/c1-3-42-30(39)17-7-10-19(11-8-17)34-27(37)24-23(18-9-12-20(35)21(15-18)41-2)26-29(43-25(24)28(34)38)33(31(40)44-26)16-22(36)32-13-5-4-6-14-32/h7-12,15,23-25,35H,3-6,13-14,16H2,1-2H3/t23-,24?,25?/m0/s1. The van der Waals surface area contributed by atoms with Gasteiger partial charge in [-0.2, -0.15) is 0 Å². The van der Waals surface area contributed by atoms with E-state index in [-0.39, 0.29) is 35.4 Å². The summed E-state index contributed by atoms with van der Waals surface area (Å²) >= 11 is 2.10. The Morgan fingerprint density at radius 2 is 1.73 bits per heavy atom. The molecule has 6 rings (SSSR count). The van der Waals surface area contributed by atoms with Crippen molar-refractivity contribution in [3.05, 3.63) is 68.1 Å². The zero-order valence-corrected chi connectivity index (χ0v) is 25.8. The topological polar surface area (TPSA) is 135 Å². The maximum Gasteiger partial charge on any atom is 0.338 e. The van der Waals surface area contributed by atoms with E-state index in [1.807, 2.05) is 0 Å². The molecule has 0 spiro atoms. The van der Waals surface area contributed by atoms with E-state index in [0.717, 1.165) is 47.3 Å². The average Bonchev–Trinajstić information content (AvgIpc) is 3.48. The number of phenolic OH excluding ortho intramolecular Hbond substituents is 1. The summed E-state index contributed by atoms with van der Waals surface area (Å²) in [6, 6.07) is 10.8. The molecule has 0 radical (unpaired) electrons. The van der Waals surface area contributed by atoms with Crippen molar-refractivity contribution in [2.45, 2.75) is 48.9 Å². The first-order valence-electron chi connectivity index (χ1n) is 14.4. The first kappa shape index (κ1) is 29.9. The van der Waals surface area contributed by atoms with E-state index < -0.39 is 34.9 Å². The van der Waals surface area contributed by atoms with Crippen LogP contribution in [0.3, 0.4) is 0 Å². The van der Waals surface area contributed by atoms with E-state index in [4.69, 9.17) is 9.47 Å². The fourth-order valence-corrected chi connectivity index (χ4v) is 8.87. The van der Waals surface area contributed by atoms with Crippen LogP contribution in [0.1, 0.15) is 52.9 Å². The number of aromatic nitrogens is 1. The van der Waals surface area contributed by atoms with Crippen molar-refractivity contribution in [3.8, 4) is 11.5 Å². The first-order chi connectivity index (χ1) is 21.2. The molecule has 2 saturated heterocycles. The number of fused-ring (bicyclic) bond motifs is 2. The number of thiazole rings is 1. The van der Waals surface area contributed by atoms with Crippen molar-refractivity contribution >= 4 is 52.5 Å². The molecule has 3 amide bonds. The third kappa shape index (κ3) is 5.17. The van der Waals surface area contributed by atoms with Gasteiger partial charge in [0, 0.05) is 23.9 Å². The fourth-order valence-electron chi connectivity index (χ4n) is 6.10. The van der Waals surface area contributed by atoms with Crippen molar-refractivity contribution in [2.75, 3.05) is 31.7 Å². The molecule has 2 aromatic carbocycles. The lowest BCUT2D eigenvalue weighted by molar-refractivity contribution is -0.133. The second-order valence-corrected chi connectivity index (χ2v) is 12.9. The van der Waals surface area contributed by atoms with Gasteiger partial charge in [-0.15, -0.1) is 0 Å². The van der Waals surface area contributed by atoms with E-state index in [2.05, 4.69) is 0 Å². The number of hydrogen-bond acceptors (Lipinski definition) is 10. The lowest BCUT2D eigenvalue weighted by atomic mass is 9.83. The molecule has 0 aliphatic carbocycles. The molecule has 44 heavy (non-hydrogen) atoms. The van der Waals surface area contributed by atoms with E-state index in [0.29, 0.717) is 39.8 Å². The molecule has 4 heterocycles. The van der Waals surface area contributed by atoms with Crippen molar-refractivity contribution in [2.24, 2.45) is 5.92 Å². The number of rotatable bonds is 7. The summed E-state index contributed by atoms with van der Waals surface area (Å²) < 4.78 is 11.8. The number of hydrogen-bond donors (Lipinski definition) is 1. The Labute approximate surface area is 261 Å². The van der Waals surface area contributed by atoms with Gasteiger partial charge in [-0.25, -0.2) is 9.69 Å². The van der Waals surface area contributed by atoms with Crippen molar-refractivity contribution in [1.29, 1.82) is 0 Å². The monoisotopic (exact) mass is 637 g/mol. The van der Waals surface area contributed by atoms with Crippen LogP contribution in [0.5, 0.6) is 11.5 Å². The summed E-state index contributed by atoms with van der Waals surface area (Å²) in [6.07, 6.45) is 2.89. The highest BCUT2D eigenvalue weighted by atomic mass is 32.2. The summed E-state index contributed by atoms with van der Waals surface area (Å²) in [6.45, 7) is 3.05. The van der Waals surface area contributed by atoms with Gasteiger partial charge in [0.05, 0.1) is 35.9 Å². The maximum absolute atomic E-state index is 14.1. The van der Waals surface area contributed by atoms with Crippen LogP contribution in [0.25, 0.3) is 0 Å². The number of benzene rings is 2. The molecule has 1 N–H and O–H groups in total. The maximum atomic E-state index is 14.1. The number of imide groups is 1. The van der Waals surface area contributed by atoms with E-state index >= 15 is 0 Å². The molecule has 13 heteroatoms. The van der Waals surface area contributed by atoms with Crippen molar-refractivity contribution in [1.82, 2.24) is 9.47 Å². The SMILES string of the molecule is CCOC(=O)c1ccc(N2C(=O)C3Sc4c(sc(=O)n4CC(=O)N4CCCCC4)[C@@H](c4ccc(O)c(OC)c4)C3C2=O)cc1. The Hall–Kier alpha value is -4.10. The van der Waals surface area contributed by atoms with Gasteiger partial charge >= 0.3 is 10.8 Å². The van der Waals surface area contributed by atoms with E-state index in [1.54, 1.807) is 24.0 Å². The molecule has 0 saturated carbocycles. The number of carbonyl (C=O) groups is 4. The predicted molar refractivity (Wildman–Crippen MR) is 164 cm³/mol. The summed E-state index contributed by atoms with van der Waals surface area (Å²) in [7, 11) is 1.41. The van der Waals surface area contributed by atoms with Crippen LogP contribution < -0.4 is 14.5 Å². The lowest BCUT2D eigenvalue weighted by Crippen LogP contribution is -2.39. The van der Waals surface area contributed by atoms with Crippen LogP contribution in [0.4, 0.5) is 5.69 Å². The third-order valence-corrected chi connectivity index (χ3v) is 10.9. The summed E-state index contributed by atoms with van der Waals surface area (Å²) in [5.41, 5.74) is 1.19. The number of thioether (sulfide) groups is 1. The Morgan fingerprint density at radius 1 is 1.00 bits per heavy atom. The zero-order valence-electron chi connectivity index (χ0n) is 24.2. The Balaban J connectivity index is 1.41. The normalized spacial score (nSPS) is 21.2. The molecule has 1 aromatic heterocycles. The number of piperidine rings is 1.